The third-order valence-corrected chi connectivity index (χ3v) is 2.01. The fourth-order valence-electron chi connectivity index (χ4n) is 1.33. The van der Waals surface area contributed by atoms with Crippen LogP contribution in [0.2, 0.25) is 0 Å². The summed E-state index contributed by atoms with van der Waals surface area (Å²) in [6, 6.07) is 6.34. The van der Waals surface area contributed by atoms with E-state index in [0.717, 1.165) is 0 Å². The van der Waals surface area contributed by atoms with Crippen LogP contribution in [0, 0.1) is 12.8 Å². The second kappa shape index (κ2) is 2.82. The Morgan fingerprint density at radius 3 is 2.58 bits per heavy atom. The van der Waals surface area contributed by atoms with Gasteiger partial charge in [-0.05, 0) is 0 Å². The Labute approximate surface area is 73.2 Å². The number of fused-ring (bicyclic) bond motifs is 1. The van der Waals surface area contributed by atoms with Crippen LogP contribution >= 0.6 is 0 Å². The number of allylic oxidation sites excluding steroid dienone is 2. The quantitative estimate of drug-likeness (QED) is 0.545. The minimum absolute atomic E-state index is 1.17. The molecule has 0 heteroatoms. The molecule has 0 nitrogen and oxygen atoms in total. The molecule has 0 atom stereocenters. The van der Waals surface area contributed by atoms with Crippen molar-refractivity contribution in [1.29, 1.82) is 0 Å². The number of rotatable bonds is 1. The Hall–Kier alpha value is -1.56. The van der Waals surface area contributed by atoms with Gasteiger partial charge < -0.3 is 0 Å². The summed E-state index contributed by atoms with van der Waals surface area (Å²) in [6.07, 6.45) is 10.2. The van der Waals surface area contributed by atoms with Crippen LogP contribution in [0.15, 0.2) is 36.9 Å². The summed E-state index contributed by atoms with van der Waals surface area (Å²) < 4.78 is 0. The van der Waals surface area contributed by atoms with Crippen molar-refractivity contribution in [2.45, 2.75) is 0 Å². The molecule has 0 saturated carbocycles. The molecule has 1 aromatic carbocycles. The van der Waals surface area contributed by atoms with E-state index < -0.39 is 0 Å². The highest BCUT2D eigenvalue weighted by Crippen LogP contribution is 2.20. The van der Waals surface area contributed by atoms with Gasteiger partial charge in [0.1, 0.15) is 0 Å². The Balaban J connectivity index is 2.46. The first kappa shape index (κ1) is 7.11. The van der Waals surface area contributed by atoms with Crippen molar-refractivity contribution in [3.8, 4) is 0 Å². The van der Waals surface area contributed by atoms with E-state index in [1.54, 1.807) is 0 Å². The maximum Gasteiger partial charge on any atom is -0.0731 e. The van der Waals surface area contributed by atoms with E-state index in [9.17, 15) is 0 Å². The van der Waals surface area contributed by atoms with E-state index >= 15 is 0 Å². The van der Waals surface area contributed by atoms with Gasteiger partial charge in [0.25, 0.3) is 0 Å². The lowest BCUT2D eigenvalue weighted by Gasteiger charge is -2.27. The minimum atomic E-state index is 1.17. The fraction of sp³-hybridized carbons (Fsp3) is 0. The molecule has 0 unspecified atom stereocenters. The molecule has 1 aromatic rings. The lowest BCUT2D eigenvalue weighted by molar-refractivity contribution is 1.36. The number of hydrogen-bond acceptors (Lipinski definition) is 0. The Bertz CT molecular complexity index is 332. The number of benzene rings is 1. The molecule has 1 aliphatic carbocycles. The number of hydrogen-bond donors (Lipinski definition) is 0. The van der Waals surface area contributed by atoms with E-state index in [1.807, 2.05) is 6.08 Å². The van der Waals surface area contributed by atoms with Crippen molar-refractivity contribution in [3.63, 3.8) is 0 Å². The average Bonchev–Trinajstić information content (AvgIpc) is 2.17. The highest BCUT2D eigenvalue weighted by molar-refractivity contribution is 5.56. The molecular formula is C12H10-2. The van der Waals surface area contributed by atoms with Crippen molar-refractivity contribution >= 4 is 6.08 Å². The first-order valence-corrected chi connectivity index (χ1v) is 4.01. The molecule has 0 N–H and O–H groups in total. The van der Waals surface area contributed by atoms with Crippen LogP contribution in [-0.2, 0) is 0 Å². The zero-order valence-electron chi connectivity index (χ0n) is 6.83. The van der Waals surface area contributed by atoms with Gasteiger partial charge in [0, 0.05) is 0 Å². The third-order valence-electron chi connectivity index (χ3n) is 2.01. The molecule has 2 rings (SSSR count). The molecule has 0 amide bonds. The zero-order valence-corrected chi connectivity index (χ0v) is 6.83. The van der Waals surface area contributed by atoms with Crippen LogP contribution < -0.4 is 0 Å². The van der Waals surface area contributed by atoms with Gasteiger partial charge in [-0.1, -0.05) is 18.2 Å². The van der Waals surface area contributed by atoms with Gasteiger partial charge in [0.15, 0.2) is 0 Å². The largest absolute Gasteiger partial charge is 0.233 e. The SMILES string of the molecule is C=Cc1ccc2c(c1)[CH-]C=C[CH-]2. The summed E-state index contributed by atoms with van der Waals surface area (Å²) >= 11 is 0. The van der Waals surface area contributed by atoms with Crippen molar-refractivity contribution in [2.75, 3.05) is 0 Å². The molecule has 0 radical (unpaired) electrons. The van der Waals surface area contributed by atoms with Gasteiger partial charge in [-0.2, -0.15) is 12.1 Å². The molecule has 60 valence electrons. The van der Waals surface area contributed by atoms with Crippen LogP contribution in [0.25, 0.3) is 6.08 Å². The lowest BCUT2D eigenvalue weighted by Crippen LogP contribution is -1.93. The second-order valence-electron chi connectivity index (χ2n) is 2.81. The predicted molar refractivity (Wildman–Crippen MR) is 52.5 cm³/mol. The summed E-state index contributed by atoms with van der Waals surface area (Å²) in [7, 11) is 0. The minimum Gasteiger partial charge on any atom is -0.233 e. The fourth-order valence-corrected chi connectivity index (χ4v) is 1.33. The first-order chi connectivity index (χ1) is 5.90. The van der Waals surface area contributed by atoms with Crippen LogP contribution in [0.3, 0.4) is 0 Å². The van der Waals surface area contributed by atoms with Crippen LogP contribution in [-0.4, -0.2) is 0 Å². The smallest absolute Gasteiger partial charge is 0.0731 e. The average molecular weight is 154 g/mol. The highest BCUT2D eigenvalue weighted by Gasteiger charge is 1.87. The van der Waals surface area contributed by atoms with E-state index in [1.165, 1.54) is 16.7 Å². The monoisotopic (exact) mass is 154 g/mol. The van der Waals surface area contributed by atoms with Crippen LogP contribution in [0.1, 0.15) is 16.7 Å². The molecule has 0 fully saturated rings. The Kier molecular flexibility index (Phi) is 1.67. The molecule has 0 bridgehead atoms. The van der Waals surface area contributed by atoms with Gasteiger partial charge in [-0.15, -0.1) is 6.07 Å². The zero-order chi connectivity index (χ0) is 8.39. The van der Waals surface area contributed by atoms with Crippen LogP contribution in [0.4, 0.5) is 0 Å². The summed E-state index contributed by atoms with van der Waals surface area (Å²) in [4.78, 5) is 0. The summed E-state index contributed by atoms with van der Waals surface area (Å²) in [6.45, 7) is 3.74. The summed E-state index contributed by atoms with van der Waals surface area (Å²) in [5.74, 6) is 0. The van der Waals surface area contributed by atoms with Gasteiger partial charge in [0.05, 0.1) is 0 Å². The predicted octanol–water partition coefficient (Wildman–Crippen LogP) is 3.00. The van der Waals surface area contributed by atoms with Crippen molar-refractivity contribution in [2.24, 2.45) is 0 Å². The van der Waals surface area contributed by atoms with Gasteiger partial charge >= 0.3 is 0 Å². The first-order valence-electron chi connectivity index (χ1n) is 4.01. The molecule has 0 aromatic heterocycles. The standard InChI is InChI=1S/C12H10/c1-2-10-7-8-11-5-3-4-6-12(11)9-10/h2-9H,1H2/q-2. The summed E-state index contributed by atoms with van der Waals surface area (Å²) in [5, 5.41) is 0. The van der Waals surface area contributed by atoms with Gasteiger partial charge in [-0.3, -0.25) is 0 Å². The molecule has 0 spiro atoms. The Morgan fingerprint density at radius 1 is 1.08 bits per heavy atom. The second-order valence-corrected chi connectivity index (χ2v) is 2.81. The van der Waals surface area contributed by atoms with Crippen molar-refractivity contribution in [1.82, 2.24) is 0 Å². The van der Waals surface area contributed by atoms with Crippen molar-refractivity contribution in [3.05, 3.63) is 66.5 Å². The topological polar surface area (TPSA) is 0 Å². The molecular weight excluding hydrogens is 144 g/mol. The Morgan fingerprint density at radius 2 is 1.83 bits per heavy atom. The highest BCUT2D eigenvalue weighted by atomic mass is 14.1. The molecule has 1 aliphatic rings. The molecule has 0 saturated heterocycles. The van der Waals surface area contributed by atoms with E-state index in [4.69, 9.17) is 0 Å². The van der Waals surface area contributed by atoms with E-state index in [-0.39, 0.29) is 0 Å². The molecule has 0 aliphatic heterocycles. The van der Waals surface area contributed by atoms with Gasteiger partial charge in [-0.25, -0.2) is 36.1 Å². The normalized spacial score (nSPS) is 12.7. The van der Waals surface area contributed by atoms with Crippen LogP contribution in [0.5, 0.6) is 0 Å². The maximum absolute atomic E-state index is 3.74. The lowest BCUT2D eigenvalue weighted by atomic mass is 9.95. The molecule has 12 heavy (non-hydrogen) atoms. The maximum atomic E-state index is 3.74. The third kappa shape index (κ3) is 1.12. The van der Waals surface area contributed by atoms with E-state index in [2.05, 4.69) is 49.8 Å². The van der Waals surface area contributed by atoms with E-state index in [0.29, 0.717) is 0 Å². The summed E-state index contributed by atoms with van der Waals surface area (Å²) in [5.41, 5.74) is 3.73. The van der Waals surface area contributed by atoms with Crippen molar-refractivity contribution < 1.29 is 0 Å². The van der Waals surface area contributed by atoms with Gasteiger partial charge in [0.2, 0.25) is 0 Å². The molecule has 0 heterocycles.